The molecule has 5 rings (SSSR count). The van der Waals surface area contributed by atoms with E-state index in [-0.39, 0.29) is 17.7 Å². The van der Waals surface area contributed by atoms with Crippen molar-refractivity contribution >= 4 is 28.3 Å². The number of likely N-dealkylation sites (tertiary alicyclic amines) is 1. The van der Waals surface area contributed by atoms with Gasteiger partial charge in [0.25, 0.3) is 0 Å². The third kappa shape index (κ3) is 4.31. The molecular weight excluding hydrogens is 427 g/mol. The van der Waals surface area contributed by atoms with Crippen LogP contribution in [0.2, 0.25) is 0 Å². The Labute approximate surface area is 189 Å². The van der Waals surface area contributed by atoms with Gasteiger partial charge in [0.05, 0.1) is 23.1 Å². The van der Waals surface area contributed by atoms with Gasteiger partial charge >= 0.3 is 5.97 Å². The maximum absolute atomic E-state index is 14.9. The maximum atomic E-state index is 14.9. The molecular formula is C25H23FN2O3S. The zero-order chi connectivity index (χ0) is 22.1. The Morgan fingerprint density at radius 3 is 2.81 bits per heavy atom. The monoisotopic (exact) mass is 450 g/mol. The lowest BCUT2D eigenvalue weighted by Crippen LogP contribution is -2.50. The standard InChI is InChI=1S/C25H23FN2O3S/c1-2-30-25(29)19-14-28(15-19)13-17-3-5-20(21(26)10-17)23-12-18-9-16(4-6-22(18)31-23)11-24-27-7-8-32-24/h3-10,12,19H,2,11,13-15H2,1H3. The minimum Gasteiger partial charge on any atom is -0.466 e. The zero-order valence-electron chi connectivity index (χ0n) is 17.7. The Kier molecular flexibility index (Phi) is 5.76. The number of ether oxygens (including phenoxy) is 1. The van der Waals surface area contributed by atoms with Gasteiger partial charge in [-0.15, -0.1) is 11.3 Å². The van der Waals surface area contributed by atoms with Crippen molar-refractivity contribution < 1.29 is 18.3 Å². The minimum atomic E-state index is -0.313. The van der Waals surface area contributed by atoms with Crippen molar-refractivity contribution in [1.29, 1.82) is 0 Å². The van der Waals surface area contributed by atoms with Crippen LogP contribution in [0.25, 0.3) is 22.3 Å². The first-order chi connectivity index (χ1) is 15.6. The fourth-order valence-electron chi connectivity index (χ4n) is 4.07. The van der Waals surface area contributed by atoms with Crippen molar-refractivity contribution in [1.82, 2.24) is 9.88 Å². The largest absolute Gasteiger partial charge is 0.466 e. The SMILES string of the molecule is CCOC(=O)C1CN(Cc2ccc(-c3cc4cc(Cc5nccs5)ccc4o3)c(F)c2)C1. The van der Waals surface area contributed by atoms with Crippen molar-refractivity contribution in [3.05, 3.63) is 76.0 Å². The second kappa shape index (κ2) is 8.84. The molecule has 2 aromatic heterocycles. The third-order valence-corrected chi connectivity index (χ3v) is 6.48. The summed E-state index contributed by atoms with van der Waals surface area (Å²) >= 11 is 1.63. The summed E-state index contributed by atoms with van der Waals surface area (Å²) in [6, 6.07) is 13.1. The second-order valence-corrected chi connectivity index (χ2v) is 9.02. The van der Waals surface area contributed by atoms with Gasteiger partial charge in [-0.25, -0.2) is 9.37 Å². The molecule has 32 heavy (non-hydrogen) atoms. The molecule has 7 heteroatoms. The van der Waals surface area contributed by atoms with Gasteiger partial charge in [0.15, 0.2) is 0 Å². The number of carbonyl (C=O) groups is 1. The molecule has 0 bridgehead atoms. The molecule has 2 aromatic carbocycles. The molecule has 0 saturated carbocycles. The van der Waals surface area contributed by atoms with Crippen molar-refractivity contribution in [2.45, 2.75) is 19.9 Å². The summed E-state index contributed by atoms with van der Waals surface area (Å²) in [5, 5.41) is 3.98. The van der Waals surface area contributed by atoms with Crippen LogP contribution in [-0.4, -0.2) is 35.5 Å². The van der Waals surface area contributed by atoms with E-state index >= 15 is 0 Å². The number of nitrogens with zero attached hydrogens (tertiary/aromatic N) is 2. The van der Waals surface area contributed by atoms with Gasteiger partial charge < -0.3 is 9.15 Å². The van der Waals surface area contributed by atoms with Crippen LogP contribution >= 0.6 is 11.3 Å². The highest BCUT2D eigenvalue weighted by Gasteiger charge is 2.33. The first-order valence-electron chi connectivity index (χ1n) is 10.7. The lowest BCUT2D eigenvalue weighted by molar-refractivity contribution is -0.154. The molecule has 0 N–H and O–H groups in total. The van der Waals surface area contributed by atoms with Crippen LogP contribution in [0, 0.1) is 11.7 Å². The van der Waals surface area contributed by atoms with Gasteiger partial charge in [0, 0.05) is 43.0 Å². The van der Waals surface area contributed by atoms with E-state index in [2.05, 4.69) is 16.0 Å². The van der Waals surface area contributed by atoms with Crippen molar-refractivity contribution in [2.75, 3.05) is 19.7 Å². The molecule has 1 aliphatic rings. The fraction of sp³-hybridized carbons (Fsp3) is 0.280. The van der Waals surface area contributed by atoms with E-state index in [4.69, 9.17) is 9.15 Å². The minimum absolute atomic E-state index is 0.0740. The first-order valence-corrected chi connectivity index (χ1v) is 11.6. The fourth-order valence-corrected chi connectivity index (χ4v) is 4.72. The molecule has 164 valence electrons. The molecule has 0 amide bonds. The molecule has 0 spiro atoms. The highest BCUT2D eigenvalue weighted by Crippen LogP contribution is 2.31. The number of thiazole rings is 1. The van der Waals surface area contributed by atoms with Crippen molar-refractivity contribution in [3.8, 4) is 11.3 Å². The lowest BCUT2D eigenvalue weighted by atomic mass is 9.99. The molecule has 3 heterocycles. The number of benzene rings is 2. The van der Waals surface area contributed by atoms with Crippen LogP contribution in [0.15, 0.2) is 58.5 Å². The third-order valence-electron chi connectivity index (χ3n) is 5.70. The van der Waals surface area contributed by atoms with Crippen LogP contribution in [0.4, 0.5) is 4.39 Å². The number of hydrogen-bond acceptors (Lipinski definition) is 6. The van der Waals surface area contributed by atoms with Crippen molar-refractivity contribution in [2.24, 2.45) is 5.92 Å². The average molecular weight is 451 g/mol. The summed E-state index contributed by atoms with van der Waals surface area (Å²) in [5.74, 6) is -0.0196. The number of halogens is 1. The molecule has 0 unspecified atom stereocenters. The van der Waals surface area contributed by atoms with E-state index in [1.165, 1.54) is 0 Å². The van der Waals surface area contributed by atoms with Gasteiger partial charge in [-0.2, -0.15) is 0 Å². The van der Waals surface area contributed by atoms with Gasteiger partial charge in [-0.3, -0.25) is 9.69 Å². The van der Waals surface area contributed by atoms with E-state index in [9.17, 15) is 9.18 Å². The number of hydrogen-bond donors (Lipinski definition) is 0. The van der Waals surface area contributed by atoms with Crippen LogP contribution in [0.1, 0.15) is 23.1 Å². The molecule has 0 atom stereocenters. The van der Waals surface area contributed by atoms with Crippen LogP contribution in [0.3, 0.4) is 0 Å². The van der Waals surface area contributed by atoms with E-state index < -0.39 is 0 Å². The predicted molar refractivity (Wildman–Crippen MR) is 122 cm³/mol. The molecule has 1 fully saturated rings. The second-order valence-electron chi connectivity index (χ2n) is 8.04. The molecule has 0 radical (unpaired) electrons. The maximum Gasteiger partial charge on any atom is 0.311 e. The zero-order valence-corrected chi connectivity index (χ0v) is 18.5. The highest BCUT2D eigenvalue weighted by molar-refractivity contribution is 7.09. The van der Waals surface area contributed by atoms with Crippen LogP contribution < -0.4 is 0 Å². The van der Waals surface area contributed by atoms with E-state index in [1.807, 2.05) is 42.8 Å². The number of carbonyl (C=O) groups excluding carboxylic acids is 1. The number of aromatic nitrogens is 1. The van der Waals surface area contributed by atoms with Gasteiger partial charge in [-0.05, 0) is 48.4 Å². The summed E-state index contributed by atoms with van der Waals surface area (Å²) in [6.07, 6.45) is 2.58. The van der Waals surface area contributed by atoms with Gasteiger partial charge in [0.1, 0.15) is 17.2 Å². The van der Waals surface area contributed by atoms with Crippen LogP contribution in [0.5, 0.6) is 0 Å². The Bertz CT molecular complexity index is 1250. The number of fused-ring (bicyclic) bond motifs is 1. The summed E-state index contributed by atoms with van der Waals surface area (Å²) in [7, 11) is 0. The van der Waals surface area contributed by atoms with E-state index in [1.54, 1.807) is 23.5 Å². The van der Waals surface area contributed by atoms with E-state index in [0.717, 1.165) is 33.5 Å². The molecule has 1 aliphatic heterocycles. The van der Waals surface area contributed by atoms with Gasteiger partial charge in [0.2, 0.25) is 0 Å². The molecule has 1 saturated heterocycles. The number of esters is 1. The van der Waals surface area contributed by atoms with E-state index in [0.29, 0.717) is 37.6 Å². The highest BCUT2D eigenvalue weighted by atomic mass is 32.1. The molecule has 5 nitrogen and oxygen atoms in total. The van der Waals surface area contributed by atoms with Crippen molar-refractivity contribution in [3.63, 3.8) is 0 Å². The average Bonchev–Trinajstić information content (AvgIpc) is 3.40. The molecule has 4 aromatic rings. The lowest BCUT2D eigenvalue weighted by Gasteiger charge is -2.37. The normalized spacial score (nSPS) is 14.6. The summed E-state index contributed by atoms with van der Waals surface area (Å²) in [6.45, 7) is 4.11. The summed E-state index contributed by atoms with van der Waals surface area (Å²) < 4.78 is 25.9. The Balaban J connectivity index is 1.28. The molecule has 0 aliphatic carbocycles. The number of rotatable bonds is 7. The Hall–Kier alpha value is -3.03. The predicted octanol–water partition coefficient (Wildman–Crippen LogP) is 5.28. The topological polar surface area (TPSA) is 55.6 Å². The quantitative estimate of drug-likeness (QED) is 0.359. The summed E-state index contributed by atoms with van der Waals surface area (Å²) in [4.78, 5) is 18.2. The van der Waals surface area contributed by atoms with Gasteiger partial charge in [-0.1, -0.05) is 12.1 Å². The Morgan fingerprint density at radius 1 is 1.22 bits per heavy atom. The Morgan fingerprint density at radius 2 is 2.06 bits per heavy atom. The summed E-state index contributed by atoms with van der Waals surface area (Å²) in [5.41, 5.74) is 3.19. The number of furan rings is 1. The first kappa shape index (κ1) is 20.8. The smallest absolute Gasteiger partial charge is 0.311 e. The van der Waals surface area contributed by atoms with Crippen LogP contribution in [-0.2, 0) is 22.5 Å².